The Balaban J connectivity index is 2.56. The number of halogens is 1. The van der Waals surface area contributed by atoms with Gasteiger partial charge in [0.2, 0.25) is 5.91 Å². The topological polar surface area (TPSA) is 46.6 Å². The van der Waals surface area contributed by atoms with Crippen LogP contribution in [0.25, 0.3) is 0 Å². The van der Waals surface area contributed by atoms with Gasteiger partial charge < -0.3 is 9.64 Å². The molecule has 19 heavy (non-hydrogen) atoms. The van der Waals surface area contributed by atoms with Crippen molar-refractivity contribution in [2.24, 2.45) is 0 Å². The molecule has 0 saturated heterocycles. The van der Waals surface area contributed by atoms with Gasteiger partial charge in [-0.3, -0.25) is 9.59 Å². The van der Waals surface area contributed by atoms with Gasteiger partial charge in [-0.15, -0.1) is 0 Å². The Labute approximate surface area is 121 Å². The summed E-state index contributed by atoms with van der Waals surface area (Å²) in [5, 5.41) is 0. The molecule has 0 fully saturated rings. The fraction of sp³-hybridized carbons (Fsp3) is 0.429. The Morgan fingerprint density at radius 2 is 2.11 bits per heavy atom. The number of ether oxygens (including phenoxy) is 1. The van der Waals surface area contributed by atoms with E-state index >= 15 is 0 Å². The molecule has 0 spiro atoms. The molecule has 0 N–H and O–H groups in total. The van der Waals surface area contributed by atoms with Gasteiger partial charge in [-0.2, -0.15) is 0 Å². The lowest BCUT2D eigenvalue weighted by Gasteiger charge is -2.20. The van der Waals surface area contributed by atoms with E-state index in [0.29, 0.717) is 19.5 Å². The summed E-state index contributed by atoms with van der Waals surface area (Å²) in [6, 6.07) is 7.66. The number of amides is 1. The zero-order valence-corrected chi connectivity index (χ0v) is 12.8. The standard InChI is InChI=1S/C14H18BrNO3/c1-3-16(8-7-14(18)19-2)13(17)10-11-5-4-6-12(15)9-11/h4-6,9H,3,7-8,10H2,1-2H3. The van der Waals surface area contributed by atoms with Crippen LogP contribution in [0, 0.1) is 0 Å². The quantitative estimate of drug-likeness (QED) is 0.754. The van der Waals surface area contributed by atoms with Gasteiger partial charge >= 0.3 is 5.97 Å². The summed E-state index contributed by atoms with van der Waals surface area (Å²) in [6.07, 6.45) is 0.572. The van der Waals surface area contributed by atoms with Gasteiger partial charge in [0, 0.05) is 17.6 Å². The number of carbonyl (C=O) groups is 2. The second-order valence-electron chi connectivity index (χ2n) is 4.11. The minimum atomic E-state index is -0.297. The van der Waals surface area contributed by atoms with Crippen LogP contribution in [0.15, 0.2) is 28.7 Å². The summed E-state index contributed by atoms with van der Waals surface area (Å²) in [4.78, 5) is 24.9. The molecular formula is C14H18BrNO3. The first-order valence-electron chi connectivity index (χ1n) is 6.15. The van der Waals surface area contributed by atoms with Gasteiger partial charge in [0.15, 0.2) is 0 Å². The third kappa shape index (κ3) is 5.42. The molecule has 0 unspecified atom stereocenters. The molecule has 104 valence electrons. The molecule has 0 aliphatic carbocycles. The molecule has 1 rings (SSSR count). The molecule has 0 heterocycles. The number of likely N-dealkylation sites (N-methyl/N-ethyl adjacent to an activating group) is 1. The van der Waals surface area contributed by atoms with Gasteiger partial charge in [0.05, 0.1) is 20.0 Å². The van der Waals surface area contributed by atoms with Crippen LogP contribution in [0.2, 0.25) is 0 Å². The number of carbonyl (C=O) groups excluding carboxylic acids is 2. The highest BCUT2D eigenvalue weighted by atomic mass is 79.9. The smallest absolute Gasteiger partial charge is 0.307 e. The molecule has 0 bridgehead atoms. The second kappa shape index (κ2) is 7.94. The predicted octanol–water partition coefficient (Wildman–Crippen LogP) is 2.40. The van der Waals surface area contributed by atoms with Gasteiger partial charge in [0.25, 0.3) is 0 Å². The summed E-state index contributed by atoms with van der Waals surface area (Å²) in [7, 11) is 1.35. The van der Waals surface area contributed by atoms with Crippen LogP contribution >= 0.6 is 15.9 Å². The van der Waals surface area contributed by atoms with E-state index in [4.69, 9.17) is 0 Å². The van der Waals surface area contributed by atoms with E-state index in [-0.39, 0.29) is 18.3 Å². The SMILES string of the molecule is CCN(CCC(=O)OC)C(=O)Cc1cccc(Br)c1. The van der Waals surface area contributed by atoms with E-state index in [1.807, 2.05) is 31.2 Å². The van der Waals surface area contributed by atoms with Crippen molar-refractivity contribution in [3.05, 3.63) is 34.3 Å². The molecule has 0 aliphatic rings. The number of hydrogen-bond acceptors (Lipinski definition) is 3. The summed E-state index contributed by atoms with van der Waals surface area (Å²) in [5.41, 5.74) is 0.955. The third-order valence-corrected chi connectivity index (χ3v) is 3.29. The first-order chi connectivity index (χ1) is 9.06. The summed E-state index contributed by atoms with van der Waals surface area (Å²) in [6.45, 7) is 2.88. The summed E-state index contributed by atoms with van der Waals surface area (Å²) >= 11 is 3.38. The third-order valence-electron chi connectivity index (χ3n) is 2.79. The summed E-state index contributed by atoms with van der Waals surface area (Å²) in [5.74, 6) is -0.279. The Hall–Kier alpha value is -1.36. The largest absolute Gasteiger partial charge is 0.469 e. The Bertz CT molecular complexity index is 448. The van der Waals surface area contributed by atoms with Crippen molar-refractivity contribution in [3.63, 3.8) is 0 Å². The first-order valence-corrected chi connectivity index (χ1v) is 6.95. The molecule has 0 radical (unpaired) electrons. The minimum absolute atomic E-state index is 0.0181. The molecule has 0 aromatic heterocycles. The van der Waals surface area contributed by atoms with Crippen molar-refractivity contribution in [3.8, 4) is 0 Å². The average molecular weight is 328 g/mol. The zero-order chi connectivity index (χ0) is 14.3. The normalized spacial score (nSPS) is 10.1. The van der Waals surface area contributed by atoms with Crippen molar-refractivity contribution in [1.82, 2.24) is 4.90 Å². The van der Waals surface area contributed by atoms with Crippen LogP contribution in [-0.2, 0) is 20.7 Å². The maximum atomic E-state index is 12.1. The Morgan fingerprint density at radius 3 is 2.68 bits per heavy atom. The number of benzene rings is 1. The molecule has 0 aliphatic heterocycles. The zero-order valence-electron chi connectivity index (χ0n) is 11.2. The van der Waals surface area contributed by atoms with E-state index in [2.05, 4.69) is 20.7 Å². The van der Waals surface area contributed by atoms with Crippen LogP contribution in [0.5, 0.6) is 0 Å². The monoisotopic (exact) mass is 327 g/mol. The maximum Gasteiger partial charge on any atom is 0.307 e. The van der Waals surface area contributed by atoms with Crippen molar-refractivity contribution < 1.29 is 14.3 Å². The molecule has 1 aromatic carbocycles. The number of nitrogens with zero attached hydrogens (tertiary/aromatic N) is 1. The van der Waals surface area contributed by atoms with Crippen molar-refractivity contribution >= 4 is 27.8 Å². The average Bonchev–Trinajstić information content (AvgIpc) is 2.39. The van der Waals surface area contributed by atoms with E-state index < -0.39 is 0 Å². The number of hydrogen-bond donors (Lipinski definition) is 0. The van der Waals surface area contributed by atoms with Crippen LogP contribution in [-0.4, -0.2) is 37.0 Å². The molecule has 0 saturated carbocycles. The van der Waals surface area contributed by atoms with Gasteiger partial charge in [-0.25, -0.2) is 0 Å². The van der Waals surface area contributed by atoms with Crippen molar-refractivity contribution in [2.45, 2.75) is 19.8 Å². The number of esters is 1. The predicted molar refractivity (Wildman–Crippen MR) is 76.7 cm³/mol. The summed E-state index contributed by atoms with van der Waals surface area (Å²) < 4.78 is 5.53. The van der Waals surface area contributed by atoms with Gasteiger partial charge in [-0.1, -0.05) is 28.1 Å². The fourth-order valence-electron chi connectivity index (χ4n) is 1.72. The van der Waals surface area contributed by atoms with Gasteiger partial charge in [-0.05, 0) is 24.6 Å². The fourth-order valence-corrected chi connectivity index (χ4v) is 2.17. The molecule has 1 aromatic rings. The molecule has 0 atom stereocenters. The van der Waals surface area contributed by atoms with Crippen molar-refractivity contribution in [2.75, 3.05) is 20.2 Å². The number of rotatable bonds is 6. The Morgan fingerprint density at radius 1 is 1.37 bits per heavy atom. The lowest BCUT2D eigenvalue weighted by Crippen LogP contribution is -2.34. The lowest BCUT2D eigenvalue weighted by atomic mass is 10.1. The first kappa shape index (κ1) is 15.7. The second-order valence-corrected chi connectivity index (χ2v) is 5.02. The van der Waals surface area contributed by atoms with Crippen molar-refractivity contribution in [1.29, 1.82) is 0 Å². The Kier molecular flexibility index (Phi) is 6.56. The van der Waals surface area contributed by atoms with E-state index in [9.17, 15) is 9.59 Å². The molecular weight excluding hydrogens is 310 g/mol. The molecule has 5 heteroatoms. The highest BCUT2D eigenvalue weighted by molar-refractivity contribution is 9.10. The maximum absolute atomic E-state index is 12.1. The highest BCUT2D eigenvalue weighted by Crippen LogP contribution is 2.13. The van der Waals surface area contributed by atoms with Crippen LogP contribution in [0.3, 0.4) is 0 Å². The van der Waals surface area contributed by atoms with Gasteiger partial charge in [0.1, 0.15) is 0 Å². The van der Waals surface area contributed by atoms with Crippen LogP contribution in [0.4, 0.5) is 0 Å². The van der Waals surface area contributed by atoms with Crippen LogP contribution < -0.4 is 0 Å². The highest BCUT2D eigenvalue weighted by Gasteiger charge is 2.14. The minimum Gasteiger partial charge on any atom is -0.469 e. The van der Waals surface area contributed by atoms with E-state index in [1.165, 1.54) is 7.11 Å². The van der Waals surface area contributed by atoms with E-state index in [0.717, 1.165) is 10.0 Å². The van der Waals surface area contributed by atoms with Crippen LogP contribution in [0.1, 0.15) is 18.9 Å². The molecule has 4 nitrogen and oxygen atoms in total. The lowest BCUT2D eigenvalue weighted by molar-refractivity contribution is -0.141. The van der Waals surface area contributed by atoms with E-state index in [1.54, 1.807) is 4.90 Å². The molecule has 1 amide bonds. The number of methoxy groups -OCH3 is 1.